The van der Waals surface area contributed by atoms with Crippen molar-refractivity contribution in [1.29, 1.82) is 0 Å². The van der Waals surface area contributed by atoms with E-state index in [1.54, 1.807) is 18.3 Å². The number of carbonyl (C=O) groups is 1. The molecule has 1 amide bonds. The number of nitrogens with one attached hydrogen (secondary N) is 3. The Kier molecular flexibility index (Phi) is 6.24. The smallest absolute Gasteiger partial charge is 0.267 e. The number of anilines is 3. The van der Waals surface area contributed by atoms with Gasteiger partial charge < -0.3 is 16.0 Å². The normalized spacial score (nSPS) is 10.3. The van der Waals surface area contributed by atoms with Gasteiger partial charge in [-0.3, -0.25) is 9.59 Å². The topological polar surface area (TPSA) is 127 Å². The second-order valence-corrected chi connectivity index (χ2v) is 5.95. The lowest BCUT2D eigenvalue weighted by Gasteiger charge is -2.08. The average molecular weight is 380 g/mol. The lowest BCUT2D eigenvalue weighted by Crippen LogP contribution is -2.35. The van der Waals surface area contributed by atoms with E-state index in [4.69, 9.17) is 0 Å². The SMILES string of the molecule is Cc1ccc(Nc2ccc(NCCNC(=O)Cn3ncccc3=O)nn2)nc1. The highest BCUT2D eigenvalue weighted by molar-refractivity contribution is 5.75. The maximum absolute atomic E-state index is 11.8. The van der Waals surface area contributed by atoms with Crippen LogP contribution in [0.15, 0.2) is 53.6 Å². The standard InChI is InChI=1S/C18H20N8O2/c1-13-4-5-14(21-11-13)23-16-7-6-15(24-25-16)19-9-10-20-17(27)12-26-18(28)3-2-8-22-26/h2-8,11H,9-10,12H2,1H3,(H,19,24)(H,20,27)(H,21,23,25). The van der Waals surface area contributed by atoms with Crippen molar-refractivity contribution < 1.29 is 4.79 Å². The number of aromatic nitrogens is 5. The first kappa shape index (κ1) is 19.0. The molecule has 10 heteroatoms. The summed E-state index contributed by atoms with van der Waals surface area (Å²) in [5, 5.41) is 20.8. The molecule has 3 aromatic heterocycles. The first-order valence-corrected chi connectivity index (χ1v) is 8.66. The van der Waals surface area contributed by atoms with E-state index in [0.29, 0.717) is 30.5 Å². The van der Waals surface area contributed by atoms with Gasteiger partial charge in [-0.2, -0.15) is 5.10 Å². The third-order valence-electron chi connectivity index (χ3n) is 3.66. The average Bonchev–Trinajstić information content (AvgIpc) is 2.70. The largest absolute Gasteiger partial charge is 0.367 e. The molecular weight excluding hydrogens is 360 g/mol. The molecule has 10 nitrogen and oxygen atoms in total. The Labute approximate surface area is 161 Å². The van der Waals surface area contributed by atoms with Crippen LogP contribution >= 0.6 is 0 Å². The van der Waals surface area contributed by atoms with Crippen LogP contribution in [0.25, 0.3) is 0 Å². The molecule has 0 saturated heterocycles. The van der Waals surface area contributed by atoms with Crippen molar-refractivity contribution in [2.75, 3.05) is 23.7 Å². The minimum Gasteiger partial charge on any atom is -0.367 e. The van der Waals surface area contributed by atoms with Crippen LogP contribution in [-0.4, -0.2) is 44.0 Å². The number of hydrogen-bond acceptors (Lipinski definition) is 8. The highest BCUT2D eigenvalue weighted by Crippen LogP contribution is 2.12. The van der Waals surface area contributed by atoms with Crippen LogP contribution in [0.4, 0.5) is 17.5 Å². The van der Waals surface area contributed by atoms with Gasteiger partial charge in [0, 0.05) is 31.5 Å². The summed E-state index contributed by atoms with van der Waals surface area (Å²) in [7, 11) is 0. The van der Waals surface area contributed by atoms with Crippen molar-refractivity contribution in [3.63, 3.8) is 0 Å². The summed E-state index contributed by atoms with van der Waals surface area (Å²) in [6, 6.07) is 10.3. The number of hydrogen-bond donors (Lipinski definition) is 3. The second kappa shape index (κ2) is 9.21. The third kappa shape index (κ3) is 5.59. The summed E-state index contributed by atoms with van der Waals surface area (Å²) in [6.07, 6.45) is 3.23. The number of pyridine rings is 1. The Balaban J connectivity index is 1.40. The van der Waals surface area contributed by atoms with Gasteiger partial charge in [0.2, 0.25) is 5.91 Å². The molecule has 0 spiro atoms. The van der Waals surface area contributed by atoms with Crippen molar-refractivity contribution in [2.45, 2.75) is 13.5 Å². The highest BCUT2D eigenvalue weighted by Gasteiger charge is 2.04. The van der Waals surface area contributed by atoms with Gasteiger partial charge in [0.15, 0.2) is 5.82 Å². The molecule has 0 saturated carbocycles. The van der Waals surface area contributed by atoms with Crippen molar-refractivity contribution >= 4 is 23.4 Å². The van der Waals surface area contributed by atoms with Crippen molar-refractivity contribution in [2.24, 2.45) is 0 Å². The predicted octanol–water partition coefficient (Wildman–Crippen LogP) is 0.709. The Morgan fingerprint density at radius 1 is 1.04 bits per heavy atom. The Hall–Kier alpha value is -3.82. The summed E-state index contributed by atoms with van der Waals surface area (Å²) < 4.78 is 1.10. The van der Waals surface area contributed by atoms with Gasteiger partial charge in [-0.05, 0) is 36.8 Å². The van der Waals surface area contributed by atoms with Crippen molar-refractivity contribution in [3.05, 3.63) is 64.7 Å². The summed E-state index contributed by atoms with van der Waals surface area (Å²) in [5.41, 5.74) is 0.760. The lowest BCUT2D eigenvalue weighted by atomic mass is 10.3. The lowest BCUT2D eigenvalue weighted by molar-refractivity contribution is -0.121. The first-order valence-electron chi connectivity index (χ1n) is 8.66. The maximum atomic E-state index is 11.8. The van der Waals surface area contributed by atoms with Crippen LogP contribution in [0.2, 0.25) is 0 Å². The Bertz CT molecular complexity index is 970. The van der Waals surface area contributed by atoms with E-state index >= 15 is 0 Å². The van der Waals surface area contributed by atoms with Gasteiger partial charge in [0.1, 0.15) is 18.2 Å². The molecule has 0 aliphatic heterocycles. The van der Waals surface area contributed by atoms with E-state index in [1.807, 2.05) is 19.1 Å². The van der Waals surface area contributed by atoms with Gasteiger partial charge in [-0.25, -0.2) is 9.67 Å². The summed E-state index contributed by atoms with van der Waals surface area (Å²) in [4.78, 5) is 27.6. The molecule has 0 aliphatic carbocycles. The first-order chi connectivity index (χ1) is 13.6. The van der Waals surface area contributed by atoms with Crippen LogP contribution in [0, 0.1) is 6.92 Å². The zero-order valence-corrected chi connectivity index (χ0v) is 15.3. The zero-order valence-electron chi connectivity index (χ0n) is 15.3. The summed E-state index contributed by atoms with van der Waals surface area (Å²) >= 11 is 0. The fourth-order valence-corrected chi connectivity index (χ4v) is 2.26. The number of rotatable bonds is 8. The fraction of sp³-hybridized carbons (Fsp3) is 0.222. The van der Waals surface area contributed by atoms with Crippen LogP contribution in [0.3, 0.4) is 0 Å². The highest BCUT2D eigenvalue weighted by atomic mass is 16.2. The van der Waals surface area contributed by atoms with Crippen molar-refractivity contribution in [1.82, 2.24) is 30.3 Å². The van der Waals surface area contributed by atoms with E-state index < -0.39 is 0 Å². The molecule has 0 radical (unpaired) electrons. The number of amides is 1. The molecule has 0 fully saturated rings. The Morgan fingerprint density at radius 2 is 1.82 bits per heavy atom. The molecule has 3 aromatic rings. The monoisotopic (exact) mass is 380 g/mol. The zero-order chi connectivity index (χ0) is 19.8. The number of carbonyl (C=O) groups excluding carboxylic acids is 1. The number of aryl methyl sites for hydroxylation is 1. The van der Waals surface area contributed by atoms with E-state index in [1.165, 1.54) is 18.3 Å². The molecule has 28 heavy (non-hydrogen) atoms. The number of nitrogens with zero attached hydrogens (tertiary/aromatic N) is 5. The second-order valence-electron chi connectivity index (χ2n) is 5.95. The minimum absolute atomic E-state index is 0.118. The van der Waals surface area contributed by atoms with E-state index in [2.05, 4.69) is 36.2 Å². The van der Waals surface area contributed by atoms with Gasteiger partial charge >= 0.3 is 0 Å². The van der Waals surface area contributed by atoms with Crippen LogP contribution in [0.1, 0.15) is 5.56 Å². The molecule has 0 aliphatic rings. The molecule has 0 atom stereocenters. The molecule has 3 heterocycles. The predicted molar refractivity (Wildman–Crippen MR) is 104 cm³/mol. The molecule has 3 N–H and O–H groups in total. The summed E-state index contributed by atoms with van der Waals surface area (Å²) in [5.74, 6) is 1.56. The van der Waals surface area contributed by atoms with E-state index in [0.717, 1.165) is 10.2 Å². The molecule has 0 unspecified atom stereocenters. The molecule has 0 bridgehead atoms. The summed E-state index contributed by atoms with van der Waals surface area (Å²) in [6.45, 7) is 2.68. The van der Waals surface area contributed by atoms with Gasteiger partial charge in [-0.1, -0.05) is 6.07 Å². The van der Waals surface area contributed by atoms with Crippen LogP contribution in [0.5, 0.6) is 0 Å². The minimum atomic E-state index is -0.319. The van der Waals surface area contributed by atoms with Crippen LogP contribution in [-0.2, 0) is 11.3 Å². The third-order valence-corrected chi connectivity index (χ3v) is 3.66. The van der Waals surface area contributed by atoms with Gasteiger partial charge in [0.25, 0.3) is 5.56 Å². The van der Waals surface area contributed by atoms with Crippen LogP contribution < -0.4 is 21.5 Å². The fourth-order valence-electron chi connectivity index (χ4n) is 2.26. The molecular formula is C18H20N8O2. The van der Waals surface area contributed by atoms with Gasteiger partial charge in [-0.15, -0.1) is 10.2 Å². The van der Waals surface area contributed by atoms with Crippen molar-refractivity contribution in [3.8, 4) is 0 Å². The quantitative estimate of drug-likeness (QED) is 0.488. The molecule has 3 rings (SSSR count). The molecule has 0 aromatic carbocycles. The van der Waals surface area contributed by atoms with E-state index in [-0.39, 0.29) is 18.0 Å². The maximum Gasteiger partial charge on any atom is 0.267 e. The van der Waals surface area contributed by atoms with E-state index in [9.17, 15) is 9.59 Å². The van der Waals surface area contributed by atoms with Gasteiger partial charge in [0.05, 0.1) is 0 Å². The molecule has 144 valence electrons. The Morgan fingerprint density at radius 3 is 2.54 bits per heavy atom.